The van der Waals surface area contributed by atoms with Gasteiger partial charge in [0.05, 0.1) is 5.92 Å². The van der Waals surface area contributed by atoms with Gasteiger partial charge in [0.15, 0.2) is 9.84 Å². The van der Waals surface area contributed by atoms with E-state index < -0.39 is 32.4 Å². The van der Waals surface area contributed by atoms with Crippen LogP contribution in [0, 0.1) is 11.8 Å². The molecule has 7 heteroatoms. The lowest BCUT2D eigenvalue weighted by Crippen LogP contribution is -2.60. The van der Waals surface area contributed by atoms with Gasteiger partial charge in [0.1, 0.15) is 4.75 Å². The third kappa shape index (κ3) is 2.50. The number of hydrogen-bond donors (Lipinski definition) is 1. The molecule has 0 aromatic heterocycles. The highest BCUT2D eigenvalue weighted by molar-refractivity contribution is 7.92. The number of rotatable bonds is 4. The Labute approximate surface area is 107 Å². The Morgan fingerprint density at radius 2 is 1.78 bits per heavy atom. The third-order valence-corrected chi connectivity index (χ3v) is 5.76. The lowest BCUT2D eigenvalue weighted by atomic mass is 9.86. The van der Waals surface area contributed by atoms with E-state index in [1.807, 2.05) is 0 Å². The summed E-state index contributed by atoms with van der Waals surface area (Å²) in [4.78, 5) is 24.2. The highest BCUT2D eigenvalue weighted by Gasteiger charge is 2.46. The molecule has 1 atom stereocenters. The molecule has 0 spiro atoms. The standard InChI is InChI=1S/C11H19NO5S/c1-7(9(13)14)8-5-12(6-8)10(15)11(2,3)18(4,16)17/h7-8H,5-6H2,1-4H3,(H,13,14). The molecule has 1 aliphatic heterocycles. The van der Waals surface area contributed by atoms with Crippen LogP contribution in [0.5, 0.6) is 0 Å². The Morgan fingerprint density at radius 3 is 2.11 bits per heavy atom. The molecule has 1 saturated heterocycles. The predicted octanol–water partition coefficient (Wildman–Crippen LogP) is -0.0113. The predicted molar refractivity (Wildman–Crippen MR) is 65.8 cm³/mol. The maximum Gasteiger partial charge on any atom is 0.306 e. The Kier molecular flexibility index (Phi) is 3.76. The van der Waals surface area contributed by atoms with Crippen LogP contribution in [0.15, 0.2) is 0 Å². The number of amides is 1. The van der Waals surface area contributed by atoms with Crippen LogP contribution in [0.1, 0.15) is 20.8 Å². The van der Waals surface area contributed by atoms with Crippen molar-refractivity contribution in [1.29, 1.82) is 0 Å². The van der Waals surface area contributed by atoms with Crippen molar-refractivity contribution in [3.8, 4) is 0 Å². The van der Waals surface area contributed by atoms with Crippen molar-refractivity contribution in [2.45, 2.75) is 25.5 Å². The van der Waals surface area contributed by atoms with Gasteiger partial charge in [-0.3, -0.25) is 9.59 Å². The number of carboxylic acids is 1. The maximum absolute atomic E-state index is 12.0. The van der Waals surface area contributed by atoms with Gasteiger partial charge in [-0.2, -0.15) is 0 Å². The van der Waals surface area contributed by atoms with Gasteiger partial charge in [0, 0.05) is 25.3 Å². The van der Waals surface area contributed by atoms with Crippen molar-refractivity contribution >= 4 is 21.7 Å². The van der Waals surface area contributed by atoms with Gasteiger partial charge in [-0.15, -0.1) is 0 Å². The topological polar surface area (TPSA) is 91.8 Å². The molecule has 1 unspecified atom stereocenters. The van der Waals surface area contributed by atoms with Gasteiger partial charge < -0.3 is 10.0 Å². The monoisotopic (exact) mass is 277 g/mol. The van der Waals surface area contributed by atoms with E-state index in [2.05, 4.69) is 0 Å². The average Bonchev–Trinajstić information content (AvgIpc) is 2.12. The zero-order valence-electron chi connectivity index (χ0n) is 11.0. The van der Waals surface area contributed by atoms with E-state index in [1.54, 1.807) is 6.92 Å². The first-order valence-corrected chi connectivity index (χ1v) is 7.59. The minimum absolute atomic E-state index is 0.0955. The first-order chi connectivity index (χ1) is 7.98. The molecule has 1 heterocycles. The van der Waals surface area contributed by atoms with E-state index in [0.29, 0.717) is 13.1 Å². The smallest absolute Gasteiger partial charge is 0.306 e. The van der Waals surface area contributed by atoms with Gasteiger partial charge in [0.25, 0.3) is 0 Å². The van der Waals surface area contributed by atoms with Gasteiger partial charge in [0.2, 0.25) is 5.91 Å². The fourth-order valence-corrected chi connectivity index (χ4v) is 2.18. The molecular weight excluding hydrogens is 258 g/mol. The van der Waals surface area contributed by atoms with Crippen molar-refractivity contribution in [1.82, 2.24) is 4.90 Å². The third-order valence-electron chi connectivity index (χ3n) is 3.74. The van der Waals surface area contributed by atoms with Crippen LogP contribution in [-0.2, 0) is 19.4 Å². The minimum Gasteiger partial charge on any atom is -0.481 e. The zero-order valence-corrected chi connectivity index (χ0v) is 11.8. The van der Waals surface area contributed by atoms with E-state index in [1.165, 1.54) is 18.7 Å². The van der Waals surface area contributed by atoms with Crippen LogP contribution in [-0.4, -0.2) is 54.4 Å². The van der Waals surface area contributed by atoms with Crippen molar-refractivity contribution in [3.05, 3.63) is 0 Å². The molecule has 0 aromatic rings. The maximum atomic E-state index is 12.0. The summed E-state index contributed by atoms with van der Waals surface area (Å²) in [6, 6.07) is 0. The number of carbonyl (C=O) groups excluding carboxylic acids is 1. The number of carboxylic acid groups (broad SMARTS) is 1. The molecule has 0 aromatic carbocycles. The molecule has 18 heavy (non-hydrogen) atoms. The summed E-state index contributed by atoms with van der Waals surface area (Å²) in [5.74, 6) is -1.97. The quantitative estimate of drug-likeness (QED) is 0.780. The first-order valence-electron chi connectivity index (χ1n) is 5.70. The molecular formula is C11H19NO5S. The normalized spacial score (nSPS) is 19.2. The number of likely N-dealkylation sites (tertiary alicyclic amines) is 1. The Morgan fingerprint density at radius 1 is 1.33 bits per heavy atom. The molecule has 6 nitrogen and oxygen atoms in total. The summed E-state index contributed by atoms with van der Waals surface area (Å²) in [6.45, 7) is 4.96. The Balaban J connectivity index is 2.68. The Hall–Kier alpha value is -1.11. The molecule has 0 saturated carbocycles. The first kappa shape index (κ1) is 14.9. The second-order valence-electron chi connectivity index (χ2n) is 5.38. The van der Waals surface area contributed by atoms with Gasteiger partial charge >= 0.3 is 5.97 Å². The zero-order chi connectivity index (χ0) is 14.3. The number of aliphatic carboxylic acids is 1. The summed E-state index contributed by atoms with van der Waals surface area (Å²) in [6.07, 6.45) is 1.03. The second kappa shape index (κ2) is 4.53. The van der Waals surface area contributed by atoms with Crippen molar-refractivity contribution < 1.29 is 23.1 Å². The largest absolute Gasteiger partial charge is 0.481 e. The number of hydrogen-bond acceptors (Lipinski definition) is 4. The van der Waals surface area contributed by atoms with Gasteiger partial charge in [-0.05, 0) is 13.8 Å². The van der Waals surface area contributed by atoms with Crippen LogP contribution in [0.3, 0.4) is 0 Å². The number of nitrogens with zero attached hydrogens (tertiary/aromatic N) is 1. The summed E-state index contributed by atoms with van der Waals surface area (Å²) < 4.78 is 21.6. The fourth-order valence-electron chi connectivity index (χ4n) is 1.74. The summed E-state index contributed by atoms with van der Waals surface area (Å²) >= 11 is 0. The molecule has 1 fully saturated rings. The second-order valence-corrected chi connectivity index (χ2v) is 7.94. The lowest BCUT2D eigenvalue weighted by molar-refractivity contribution is -0.151. The van der Waals surface area contributed by atoms with Crippen molar-refractivity contribution in [2.75, 3.05) is 19.3 Å². The van der Waals surface area contributed by atoms with Crippen molar-refractivity contribution in [3.63, 3.8) is 0 Å². The SMILES string of the molecule is CC(C(=O)O)C1CN(C(=O)C(C)(C)S(C)(=O)=O)C1. The van der Waals surface area contributed by atoms with Crippen LogP contribution in [0.25, 0.3) is 0 Å². The van der Waals surface area contributed by atoms with Gasteiger partial charge in [-0.1, -0.05) is 6.92 Å². The lowest BCUT2D eigenvalue weighted by Gasteiger charge is -2.44. The van der Waals surface area contributed by atoms with E-state index in [4.69, 9.17) is 5.11 Å². The minimum atomic E-state index is -3.48. The molecule has 0 bridgehead atoms. The van der Waals surface area contributed by atoms with Crippen LogP contribution in [0.4, 0.5) is 0 Å². The summed E-state index contributed by atoms with van der Waals surface area (Å²) in [7, 11) is -3.48. The van der Waals surface area contributed by atoms with E-state index >= 15 is 0 Å². The van der Waals surface area contributed by atoms with Crippen LogP contribution >= 0.6 is 0 Å². The van der Waals surface area contributed by atoms with Crippen LogP contribution < -0.4 is 0 Å². The van der Waals surface area contributed by atoms with Crippen molar-refractivity contribution in [2.24, 2.45) is 11.8 Å². The summed E-state index contributed by atoms with van der Waals surface area (Å²) in [5, 5.41) is 8.83. The van der Waals surface area contributed by atoms with Crippen LogP contribution in [0.2, 0.25) is 0 Å². The van der Waals surface area contributed by atoms with E-state index in [-0.39, 0.29) is 5.92 Å². The molecule has 1 aliphatic rings. The van der Waals surface area contributed by atoms with E-state index in [9.17, 15) is 18.0 Å². The molecule has 1 rings (SSSR count). The summed E-state index contributed by atoms with van der Waals surface area (Å²) in [5.41, 5.74) is 0. The fraction of sp³-hybridized carbons (Fsp3) is 0.818. The van der Waals surface area contributed by atoms with E-state index in [0.717, 1.165) is 6.26 Å². The highest BCUT2D eigenvalue weighted by atomic mass is 32.2. The Bertz CT molecular complexity index is 462. The molecule has 0 aliphatic carbocycles. The molecule has 0 radical (unpaired) electrons. The molecule has 104 valence electrons. The number of sulfone groups is 1. The highest BCUT2D eigenvalue weighted by Crippen LogP contribution is 2.28. The molecule has 1 amide bonds. The van der Waals surface area contributed by atoms with Gasteiger partial charge in [-0.25, -0.2) is 8.42 Å². The number of carbonyl (C=O) groups is 2. The molecule has 1 N–H and O–H groups in total. The average molecular weight is 277 g/mol.